The molecule has 0 saturated heterocycles. The molecule has 0 unspecified atom stereocenters. The van der Waals surface area contributed by atoms with Crippen molar-refractivity contribution in [1.82, 2.24) is 5.32 Å². The van der Waals surface area contributed by atoms with Crippen LogP contribution in [0.4, 0.5) is 5.69 Å². The summed E-state index contributed by atoms with van der Waals surface area (Å²) in [5.74, 6) is 0.0486. The highest BCUT2D eigenvalue weighted by Crippen LogP contribution is 2.43. The summed E-state index contributed by atoms with van der Waals surface area (Å²) in [5, 5.41) is 19.8. The van der Waals surface area contributed by atoms with Crippen LogP contribution in [0, 0.1) is 11.3 Å². The van der Waals surface area contributed by atoms with Crippen LogP contribution >= 0.6 is 34.7 Å². The average molecular weight is 478 g/mol. The van der Waals surface area contributed by atoms with Gasteiger partial charge >= 0.3 is 0 Å². The molecule has 0 spiro atoms. The minimum absolute atomic E-state index is 0.214. The van der Waals surface area contributed by atoms with Crippen LogP contribution in [0.15, 0.2) is 94.0 Å². The van der Waals surface area contributed by atoms with Gasteiger partial charge in [0.25, 0.3) is 5.91 Å². The monoisotopic (exact) mass is 477 g/mol. The van der Waals surface area contributed by atoms with Gasteiger partial charge in [-0.15, -0.1) is 23.1 Å². The van der Waals surface area contributed by atoms with Crippen molar-refractivity contribution in [3.63, 3.8) is 0 Å². The number of para-hydroxylation sites is 1. The first kappa shape index (κ1) is 22.2. The molecule has 4 nitrogen and oxygen atoms in total. The van der Waals surface area contributed by atoms with Crippen LogP contribution in [0.3, 0.4) is 0 Å². The third kappa shape index (κ3) is 4.91. The fraction of sp³-hybridized carbons (Fsp3) is 0.120. The predicted octanol–water partition coefficient (Wildman–Crippen LogP) is 6.67. The molecule has 1 amide bonds. The second kappa shape index (κ2) is 10.1. The summed E-state index contributed by atoms with van der Waals surface area (Å²) < 4.78 is 0. The molecule has 2 N–H and O–H groups in total. The normalized spacial score (nSPS) is 15.8. The summed E-state index contributed by atoms with van der Waals surface area (Å²) >= 11 is 9.09. The third-order valence-electron chi connectivity index (χ3n) is 5.05. The van der Waals surface area contributed by atoms with Crippen LogP contribution in [0.1, 0.15) is 23.3 Å². The van der Waals surface area contributed by atoms with Gasteiger partial charge in [-0.3, -0.25) is 4.79 Å². The highest BCUT2D eigenvalue weighted by atomic mass is 35.5. The summed E-state index contributed by atoms with van der Waals surface area (Å²) in [4.78, 5) is 14.3. The van der Waals surface area contributed by atoms with Gasteiger partial charge in [0.1, 0.15) is 0 Å². The van der Waals surface area contributed by atoms with E-state index in [9.17, 15) is 10.1 Å². The van der Waals surface area contributed by atoms with Crippen molar-refractivity contribution in [2.24, 2.45) is 0 Å². The van der Waals surface area contributed by atoms with Gasteiger partial charge in [0.15, 0.2) is 0 Å². The molecule has 2 aromatic carbocycles. The number of carbonyl (C=O) groups is 1. The van der Waals surface area contributed by atoms with E-state index in [1.807, 2.05) is 79.0 Å². The van der Waals surface area contributed by atoms with Crippen molar-refractivity contribution in [2.75, 3.05) is 5.32 Å². The van der Waals surface area contributed by atoms with E-state index in [1.165, 1.54) is 0 Å². The number of amides is 1. The Bertz CT molecular complexity index is 1210. The SMILES string of the molecule is CC1=C(C(=O)Nc2ccccc2)[C@H](c2cccs2)C(C#N)=C(SCc2ccc(Cl)cc2)N1. The van der Waals surface area contributed by atoms with Gasteiger partial charge in [0.2, 0.25) is 0 Å². The number of nitrogens with one attached hydrogen (secondary N) is 2. The summed E-state index contributed by atoms with van der Waals surface area (Å²) in [5.41, 5.74) is 3.68. The first-order valence-electron chi connectivity index (χ1n) is 9.96. The molecule has 4 rings (SSSR count). The maximum atomic E-state index is 13.3. The molecule has 32 heavy (non-hydrogen) atoms. The van der Waals surface area contributed by atoms with Crippen LogP contribution < -0.4 is 10.6 Å². The standard InChI is InChI=1S/C25H20ClN3OS2/c1-16-22(24(30)29-19-6-3-2-4-7-19)23(21-8-5-13-31-21)20(14-27)25(28-16)32-15-17-9-11-18(26)12-10-17/h2-13,23,28H,15H2,1H3,(H,29,30)/t23-/m0/s1. The molecule has 0 radical (unpaired) electrons. The Labute approximate surface area is 200 Å². The van der Waals surface area contributed by atoms with E-state index in [0.29, 0.717) is 27.6 Å². The first-order valence-corrected chi connectivity index (χ1v) is 12.2. The smallest absolute Gasteiger partial charge is 0.254 e. The summed E-state index contributed by atoms with van der Waals surface area (Å²) in [6.07, 6.45) is 0. The van der Waals surface area contributed by atoms with Crippen LogP contribution in [0.5, 0.6) is 0 Å². The molecule has 2 heterocycles. The summed E-state index contributed by atoms with van der Waals surface area (Å²) in [7, 11) is 0. The Hall–Kier alpha value is -2.98. The number of rotatable bonds is 6. The Morgan fingerprint density at radius 1 is 1.16 bits per heavy atom. The number of carbonyl (C=O) groups excluding carboxylic acids is 1. The molecule has 1 aliphatic heterocycles. The molecule has 1 atom stereocenters. The molecule has 1 aliphatic rings. The minimum Gasteiger partial charge on any atom is -0.353 e. The number of hydrogen-bond donors (Lipinski definition) is 2. The zero-order chi connectivity index (χ0) is 22.5. The lowest BCUT2D eigenvalue weighted by Crippen LogP contribution is -2.30. The number of nitriles is 1. The number of halogens is 1. The fourth-order valence-electron chi connectivity index (χ4n) is 3.52. The second-order valence-electron chi connectivity index (χ2n) is 7.20. The van der Waals surface area contributed by atoms with E-state index in [1.54, 1.807) is 23.1 Å². The molecular formula is C25H20ClN3OS2. The molecule has 3 aromatic rings. The average Bonchev–Trinajstić information content (AvgIpc) is 3.33. The molecule has 0 bridgehead atoms. The Kier molecular flexibility index (Phi) is 7.01. The van der Waals surface area contributed by atoms with E-state index in [0.717, 1.165) is 21.2 Å². The molecule has 0 aliphatic carbocycles. The summed E-state index contributed by atoms with van der Waals surface area (Å²) in [6, 6.07) is 23.3. The van der Waals surface area contributed by atoms with E-state index in [4.69, 9.17) is 11.6 Å². The first-order chi connectivity index (χ1) is 15.6. The minimum atomic E-state index is -0.419. The largest absolute Gasteiger partial charge is 0.353 e. The fourth-order valence-corrected chi connectivity index (χ4v) is 5.54. The number of dihydropyridines is 1. The number of hydrogen-bond acceptors (Lipinski definition) is 5. The van der Waals surface area contributed by atoms with E-state index >= 15 is 0 Å². The molecule has 0 fully saturated rings. The molecule has 160 valence electrons. The Morgan fingerprint density at radius 3 is 2.56 bits per heavy atom. The van der Waals surface area contributed by atoms with Gasteiger partial charge in [-0.2, -0.15) is 5.26 Å². The maximum absolute atomic E-state index is 13.3. The number of allylic oxidation sites excluding steroid dienone is 2. The maximum Gasteiger partial charge on any atom is 0.254 e. The summed E-state index contributed by atoms with van der Waals surface area (Å²) in [6.45, 7) is 1.89. The lowest BCUT2D eigenvalue weighted by molar-refractivity contribution is -0.113. The van der Waals surface area contributed by atoms with Crippen LogP contribution in [0.2, 0.25) is 5.02 Å². The van der Waals surface area contributed by atoms with Crippen LogP contribution in [-0.2, 0) is 10.5 Å². The van der Waals surface area contributed by atoms with Crippen molar-refractivity contribution in [2.45, 2.75) is 18.6 Å². The Morgan fingerprint density at radius 2 is 1.91 bits per heavy atom. The van der Waals surface area contributed by atoms with Crippen molar-refractivity contribution in [1.29, 1.82) is 5.26 Å². The Balaban J connectivity index is 1.66. The van der Waals surface area contributed by atoms with Gasteiger partial charge in [-0.1, -0.05) is 48.0 Å². The predicted molar refractivity (Wildman–Crippen MR) is 133 cm³/mol. The van der Waals surface area contributed by atoms with Crippen molar-refractivity contribution in [3.8, 4) is 6.07 Å². The highest BCUT2D eigenvalue weighted by Gasteiger charge is 2.35. The molecule has 7 heteroatoms. The molecule has 0 saturated carbocycles. The lowest BCUT2D eigenvalue weighted by Gasteiger charge is -2.29. The van der Waals surface area contributed by atoms with Gasteiger partial charge < -0.3 is 10.6 Å². The van der Waals surface area contributed by atoms with Gasteiger partial charge in [-0.05, 0) is 48.2 Å². The second-order valence-corrected chi connectivity index (χ2v) is 9.60. The zero-order valence-corrected chi connectivity index (χ0v) is 19.7. The quantitative estimate of drug-likeness (QED) is 0.416. The molecule has 1 aromatic heterocycles. The van der Waals surface area contributed by atoms with E-state index < -0.39 is 5.92 Å². The van der Waals surface area contributed by atoms with Gasteiger partial charge in [-0.25, -0.2) is 0 Å². The van der Waals surface area contributed by atoms with E-state index in [-0.39, 0.29) is 5.91 Å². The van der Waals surface area contributed by atoms with Crippen LogP contribution in [-0.4, -0.2) is 5.91 Å². The third-order valence-corrected chi connectivity index (χ3v) is 7.33. The van der Waals surface area contributed by atoms with Crippen LogP contribution in [0.25, 0.3) is 0 Å². The highest BCUT2D eigenvalue weighted by molar-refractivity contribution is 8.02. The van der Waals surface area contributed by atoms with E-state index in [2.05, 4.69) is 16.7 Å². The topological polar surface area (TPSA) is 64.9 Å². The number of anilines is 1. The number of thioether (sulfide) groups is 1. The van der Waals surface area contributed by atoms with Gasteiger partial charge in [0, 0.05) is 32.6 Å². The molecular weight excluding hydrogens is 458 g/mol. The van der Waals surface area contributed by atoms with Gasteiger partial charge in [0.05, 0.1) is 22.6 Å². The van der Waals surface area contributed by atoms with Crippen molar-refractivity contribution in [3.05, 3.63) is 109 Å². The lowest BCUT2D eigenvalue weighted by atomic mass is 9.86. The van der Waals surface area contributed by atoms with Crippen molar-refractivity contribution >= 4 is 46.3 Å². The number of thiophene rings is 1. The number of nitrogens with zero attached hydrogens (tertiary/aromatic N) is 1. The zero-order valence-electron chi connectivity index (χ0n) is 17.3. The van der Waals surface area contributed by atoms with Crippen molar-refractivity contribution < 1.29 is 4.79 Å². The number of benzene rings is 2.